The highest BCUT2D eigenvalue weighted by molar-refractivity contribution is 14.1. The molecule has 0 spiro atoms. The van der Waals surface area contributed by atoms with Crippen LogP contribution in [0.25, 0.3) is 21.8 Å². The molecule has 10 heteroatoms. The van der Waals surface area contributed by atoms with Crippen LogP contribution >= 0.6 is 22.6 Å². The molecule has 0 saturated carbocycles. The minimum absolute atomic E-state index is 0.0387. The Bertz CT molecular complexity index is 1560. The van der Waals surface area contributed by atoms with E-state index in [9.17, 15) is 9.59 Å². The Hall–Kier alpha value is -1.99. The van der Waals surface area contributed by atoms with Crippen LogP contribution in [0.5, 0.6) is 5.75 Å². The van der Waals surface area contributed by atoms with E-state index in [0.29, 0.717) is 17.5 Å². The average molecular weight is 691 g/mol. The monoisotopic (exact) mass is 690 g/mol. The maximum atomic E-state index is 13.1. The molecule has 41 heavy (non-hydrogen) atoms. The number of carbonyl (C=O) groups is 2. The molecule has 220 valence electrons. The summed E-state index contributed by atoms with van der Waals surface area (Å²) in [6.07, 6.45) is 1.40. The SMILES string of the molecule is CCC1(CC)O[C@@H]2[C@H](O1)[C@@H](CI)O[C@H]2Cc1cc2c(c3c1[nH]c1ccc(O[Si](C)(C)C(C)(C)C)cc13)C(=O)NC2=O. The molecule has 4 atom stereocenters. The molecule has 2 amide bonds. The van der Waals surface area contributed by atoms with Gasteiger partial charge in [-0.2, -0.15) is 0 Å². The number of halogens is 1. The fourth-order valence-corrected chi connectivity index (χ4v) is 7.88. The molecule has 3 aliphatic heterocycles. The smallest absolute Gasteiger partial charge is 0.259 e. The lowest BCUT2D eigenvalue weighted by Gasteiger charge is -2.36. The predicted molar refractivity (Wildman–Crippen MR) is 170 cm³/mol. The minimum atomic E-state index is -2.09. The number of carbonyl (C=O) groups excluding carboxylic acids is 2. The molecule has 3 aliphatic rings. The van der Waals surface area contributed by atoms with Gasteiger partial charge in [-0.25, -0.2) is 0 Å². The molecular weight excluding hydrogens is 651 g/mol. The van der Waals surface area contributed by atoms with E-state index in [4.69, 9.17) is 18.6 Å². The van der Waals surface area contributed by atoms with Crippen molar-refractivity contribution in [2.24, 2.45) is 0 Å². The fraction of sp³-hybridized carbons (Fsp3) is 0.548. The number of amides is 2. The van der Waals surface area contributed by atoms with Crippen LogP contribution in [0.4, 0.5) is 0 Å². The van der Waals surface area contributed by atoms with E-state index in [1.807, 2.05) is 24.3 Å². The van der Waals surface area contributed by atoms with Gasteiger partial charge in [0.15, 0.2) is 5.79 Å². The van der Waals surface area contributed by atoms with Crippen LogP contribution < -0.4 is 9.74 Å². The van der Waals surface area contributed by atoms with Crippen molar-refractivity contribution in [1.82, 2.24) is 10.3 Å². The van der Waals surface area contributed by atoms with Crippen molar-refractivity contribution in [3.05, 3.63) is 41.0 Å². The number of aromatic nitrogens is 1. The van der Waals surface area contributed by atoms with E-state index in [-0.39, 0.29) is 41.3 Å². The molecule has 3 aromatic rings. The molecular formula is C31H39IN2O6Si. The third-order valence-corrected chi connectivity index (χ3v) is 14.8. The van der Waals surface area contributed by atoms with Gasteiger partial charge in [0, 0.05) is 27.1 Å². The Morgan fingerprint density at radius 2 is 1.71 bits per heavy atom. The average Bonchev–Trinajstić information content (AvgIpc) is 3.63. The van der Waals surface area contributed by atoms with Crippen molar-refractivity contribution in [2.45, 2.75) is 102 Å². The zero-order valence-electron chi connectivity index (χ0n) is 24.8. The summed E-state index contributed by atoms with van der Waals surface area (Å²) in [5, 5.41) is 4.16. The Balaban J connectivity index is 1.46. The summed E-state index contributed by atoms with van der Waals surface area (Å²) in [5.74, 6) is -0.568. The Labute approximate surface area is 255 Å². The summed E-state index contributed by atoms with van der Waals surface area (Å²) in [7, 11) is -2.09. The minimum Gasteiger partial charge on any atom is -0.543 e. The van der Waals surface area contributed by atoms with Gasteiger partial charge in [0.1, 0.15) is 18.0 Å². The molecule has 2 fully saturated rings. The van der Waals surface area contributed by atoms with Crippen molar-refractivity contribution in [3.8, 4) is 5.75 Å². The first kappa shape index (κ1) is 29.1. The standard InChI is InChI=1S/C31H39IN2O6Si/c1-8-31(9-2)38-26-21(37-22(15-32)27(26)39-31)13-16-12-19-24(29(36)34-28(19)35)23-18-14-17(10-11-20(18)33-25(16)23)40-41(6,7)30(3,4)5/h10-12,14,21-22,26-27,33H,8-9,13,15H2,1-7H3,(H,34,35,36)/t21-,22+,26-,27+/m0/s1. The third-order valence-electron chi connectivity index (χ3n) is 9.57. The summed E-state index contributed by atoms with van der Waals surface area (Å²) in [4.78, 5) is 29.6. The summed E-state index contributed by atoms with van der Waals surface area (Å²) < 4.78 is 27.0. The van der Waals surface area contributed by atoms with E-state index < -0.39 is 14.1 Å². The number of rotatable bonds is 7. The molecule has 2 N–H and O–H groups in total. The van der Waals surface area contributed by atoms with Crippen LogP contribution in [-0.2, 0) is 20.6 Å². The van der Waals surface area contributed by atoms with Crippen LogP contribution in [0, 0.1) is 0 Å². The van der Waals surface area contributed by atoms with E-state index in [1.165, 1.54) is 0 Å². The fourth-order valence-electron chi connectivity index (χ4n) is 6.15. The number of hydrogen-bond donors (Lipinski definition) is 2. The Morgan fingerprint density at radius 1 is 1.02 bits per heavy atom. The molecule has 6 rings (SSSR count). The van der Waals surface area contributed by atoms with Gasteiger partial charge in [-0.05, 0) is 60.8 Å². The summed E-state index contributed by atoms with van der Waals surface area (Å²) >= 11 is 2.35. The second kappa shape index (κ2) is 10.0. The normalized spacial score (nSPS) is 25.7. The van der Waals surface area contributed by atoms with E-state index in [0.717, 1.165) is 50.4 Å². The maximum absolute atomic E-state index is 13.1. The Kier molecular flexibility index (Phi) is 7.12. The van der Waals surface area contributed by atoms with Gasteiger partial charge in [0.05, 0.1) is 28.9 Å². The number of ether oxygens (including phenoxy) is 3. The van der Waals surface area contributed by atoms with Crippen LogP contribution in [0.15, 0.2) is 24.3 Å². The number of imide groups is 1. The van der Waals surface area contributed by atoms with Gasteiger partial charge >= 0.3 is 0 Å². The molecule has 0 bridgehead atoms. The molecule has 0 aliphatic carbocycles. The molecule has 0 unspecified atom stereocenters. The second-order valence-electron chi connectivity index (χ2n) is 13.0. The molecule has 8 nitrogen and oxygen atoms in total. The van der Waals surface area contributed by atoms with Crippen LogP contribution in [-0.4, -0.2) is 59.7 Å². The summed E-state index contributed by atoms with van der Waals surface area (Å²) in [6, 6.07) is 7.84. The molecule has 1 aromatic heterocycles. The number of H-pyrrole nitrogens is 1. The maximum Gasteiger partial charge on any atom is 0.259 e. The van der Waals surface area contributed by atoms with Crippen molar-refractivity contribution >= 4 is 64.5 Å². The van der Waals surface area contributed by atoms with Crippen molar-refractivity contribution < 1.29 is 28.2 Å². The second-order valence-corrected chi connectivity index (χ2v) is 18.6. The van der Waals surface area contributed by atoms with E-state index >= 15 is 0 Å². The van der Waals surface area contributed by atoms with E-state index in [2.05, 4.69) is 80.6 Å². The molecule has 2 aromatic carbocycles. The number of alkyl halides is 1. The topological polar surface area (TPSA) is 98.9 Å². The lowest BCUT2D eigenvalue weighted by Crippen LogP contribution is -2.43. The first-order valence-corrected chi connectivity index (χ1v) is 19.0. The van der Waals surface area contributed by atoms with Crippen LogP contribution in [0.3, 0.4) is 0 Å². The number of aromatic amines is 1. The summed E-state index contributed by atoms with van der Waals surface area (Å²) in [6.45, 7) is 15.2. The van der Waals surface area contributed by atoms with Crippen molar-refractivity contribution in [2.75, 3.05) is 4.43 Å². The van der Waals surface area contributed by atoms with Gasteiger partial charge < -0.3 is 23.6 Å². The zero-order valence-corrected chi connectivity index (χ0v) is 27.9. The number of fused-ring (bicyclic) bond motifs is 6. The van der Waals surface area contributed by atoms with Crippen LogP contribution in [0.1, 0.15) is 73.7 Å². The third kappa shape index (κ3) is 4.64. The van der Waals surface area contributed by atoms with Crippen molar-refractivity contribution in [3.63, 3.8) is 0 Å². The van der Waals surface area contributed by atoms with Crippen molar-refractivity contribution in [1.29, 1.82) is 0 Å². The van der Waals surface area contributed by atoms with E-state index in [1.54, 1.807) is 0 Å². The zero-order chi connectivity index (χ0) is 29.5. The largest absolute Gasteiger partial charge is 0.543 e. The summed E-state index contributed by atoms with van der Waals surface area (Å²) in [5.41, 5.74) is 3.45. The first-order valence-electron chi connectivity index (χ1n) is 14.5. The highest BCUT2D eigenvalue weighted by Crippen LogP contribution is 2.45. The predicted octanol–water partition coefficient (Wildman–Crippen LogP) is 6.63. The molecule has 4 heterocycles. The van der Waals surface area contributed by atoms with Gasteiger partial charge in [-0.3, -0.25) is 14.9 Å². The Morgan fingerprint density at radius 3 is 2.34 bits per heavy atom. The van der Waals surface area contributed by atoms with Gasteiger partial charge in [-0.1, -0.05) is 57.2 Å². The molecule has 2 saturated heterocycles. The lowest BCUT2D eigenvalue weighted by molar-refractivity contribution is -0.209. The number of benzene rings is 2. The number of nitrogens with one attached hydrogen (secondary N) is 2. The van der Waals surface area contributed by atoms with Gasteiger partial charge in [-0.15, -0.1) is 0 Å². The number of hydrogen-bond acceptors (Lipinski definition) is 6. The van der Waals surface area contributed by atoms with Gasteiger partial charge in [0.25, 0.3) is 11.8 Å². The highest BCUT2D eigenvalue weighted by atomic mass is 127. The molecule has 0 radical (unpaired) electrons. The highest BCUT2D eigenvalue weighted by Gasteiger charge is 2.56. The first-order chi connectivity index (χ1) is 19.3. The van der Waals surface area contributed by atoms with Crippen LogP contribution in [0.2, 0.25) is 18.1 Å². The lowest BCUT2D eigenvalue weighted by atomic mass is 9.94. The van der Waals surface area contributed by atoms with Gasteiger partial charge in [0.2, 0.25) is 8.32 Å². The quantitative estimate of drug-likeness (QED) is 0.125.